The third kappa shape index (κ3) is 1.96. The molecule has 0 saturated carbocycles. The first-order valence-corrected chi connectivity index (χ1v) is 6.58. The number of benzene rings is 1. The van der Waals surface area contributed by atoms with Gasteiger partial charge in [0.1, 0.15) is 0 Å². The number of halogens is 1. The smallest absolute Gasteiger partial charge is 0.0669 e. The maximum atomic E-state index is 6.26. The summed E-state index contributed by atoms with van der Waals surface area (Å²) in [6.07, 6.45) is 2.68. The highest BCUT2D eigenvalue weighted by atomic mass is 35.5. The zero-order valence-corrected chi connectivity index (χ0v) is 10.9. The molecule has 2 nitrogen and oxygen atoms in total. The van der Waals surface area contributed by atoms with Crippen LogP contribution in [0.2, 0.25) is 5.02 Å². The van der Waals surface area contributed by atoms with Crippen molar-refractivity contribution in [3.8, 4) is 0 Å². The molecule has 2 heterocycles. The highest BCUT2D eigenvalue weighted by Gasteiger charge is 2.15. The van der Waals surface area contributed by atoms with E-state index in [0.717, 1.165) is 17.1 Å². The molecule has 1 aliphatic rings. The Hall–Kier alpha value is -0.990. The summed E-state index contributed by atoms with van der Waals surface area (Å²) in [4.78, 5) is 2.52. The van der Waals surface area contributed by atoms with Gasteiger partial charge in [0.25, 0.3) is 0 Å². The molecular formula is C14H17ClN2. The summed E-state index contributed by atoms with van der Waals surface area (Å²) in [5.74, 6) is 0. The average Bonchev–Trinajstić information content (AvgIpc) is 2.90. The summed E-state index contributed by atoms with van der Waals surface area (Å²) in [6.45, 7) is 3.51. The summed E-state index contributed by atoms with van der Waals surface area (Å²) < 4.78 is 2.23. The molecule has 17 heavy (non-hydrogen) atoms. The van der Waals surface area contributed by atoms with Gasteiger partial charge in [-0.25, -0.2) is 0 Å². The predicted octanol–water partition coefficient (Wildman–Crippen LogP) is 3.43. The highest BCUT2D eigenvalue weighted by molar-refractivity contribution is 6.35. The van der Waals surface area contributed by atoms with Gasteiger partial charge >= 0.3 is 0 Å². The molecule has 1 aromatic heterocycles. The van der Waals surface area contributed by atoms with Gasteiger partial charge in [-0.3, -0.25) is 4.90 Å². The number of rotatable bonds is 2. The van der Waals surface area contributed by atoms with E-state index in [1.807, 2.05) is 12.1 Å². The fraction of sp³-hybridized carbons (Fsp3) is 0.429. The van der Waals surface area contributed by atoms with Crippen LogP contribution in [0.3, 0.4) is 0 Å². The molecule has 0 atom stereocenters. The van der Waals surface area contributed by atoms with Crippen molar-refractivity contribution in [2.45, 2.75) is 19.4 Å². The molecule has 0 N–H and O–H groups in total. The van der Waals surface area contributed by atoms with Crippen LogP contribution in [0.1, 0.15) is 18.5 Å². The van der Waals surface area contributed by atoms with Crippen LogP contribution in [0.25, 0.3) is 10.9 Å². The standard InChI is InChI=1S/C14H17ClN2/c1-16-12(10-17-7-2-3-8-17)9-11-5-4-6-13(15)14(11)16/h4-6,9H,2-3,7-8,10H2,1H3. The predicted molar refractivity (Wildman–Crippen MR) is 72.4 cm³/mol. The fourth-order valence-corrected chi connectivity index (χ4v) is 3.05. The third-order valence-corrected chi connectivity index (χ3v) is 4.00. The van der Waals surface area contributed by atoms with E-state index in [0.29, 0.717) is 0 Å². The fourth-order valence-electron chi connectivity index (χ4n) is 2.74. The van der Waals surface area contributed by atoms with Crippen molar-refractivity contribution in [3.05, 3.63) is 35.0 Å². The Morgan fingerprint density at radius 3 is 2.71 bits per heavy atom. The zero-order valence-electron chi connectivity index (χ0n) is 10.1. The van der Waals surface area contributed by atoms with Gasteiger partial charge in [-0.1, -0.05) is 23.7 Å². The van der Waals surface area contributed by atoms with Crippen molar-refractivity contribution in [2.24, 2.45) is 7.05 Å². The number of fused-ring (bicyclic) bond motifs is 1. The van der Waals surface area contributed by atoms with Crippen LogP contribution in [-0.4, -0.2) is 22.6 Å². The van der Waals surface area contributed by atoms with Crippen LogP contribution in [0.15, 0.2) is 24.3 Å². The van der Waals surface area contributed by atoms with Crippen LogP contribution in [0.5, 0.6) is 0 Å². The Morgan fingerprint density at radius 2 is 2.00 bits per heavy atom. The van der Waals surface area contributed by atoms with E-state index in [2.05, 4.69) is 28.6 Å². The first kappa shape index (κ1) is 11.1. The van der Waals surface area contributed by atoms with Gasteiger partial charge in [-0.2, -0.15) is 0 Å². The minimum Gasteiger partial charge on any atom is -0.345 e. The molecule has 1 aliphatic heterocycles. The van der Waals surface area contributed by atoms with Gasteiger partial charge in [0.2, 0.25) is 0 Å². The lowest BCUT2D eigenvalue weighted by molar-refractivity contribution is 0.324. The molecule has 1 saturated heterocycles. The molecule has 90 valence electrons. The monoisotopic (exact) mass is 248 g/mol. The molecule has 0 amide bonds. The Morgan fingerprint density at radius 1 is 1.24 bits per heavy atom. The second-order valence-electron chi connectivity index (χ2n) is 4.86. The second-order valence-corrected chi connectivity index (χ2v) is 5.26. The molecule has 0 unspecified atom stereocenters. The largest absolute Gasteiger partial charge is 0.345 e. The lowest BCUT2D eigenvalue weighted by Crippen LogP contribution is -2.19. The summed E-state index contributed by atoms with van der Waals surface area (Å²) in [6, 6.07) is 8.38. The second kappa shape index (κ2) is 4.35. The molecule has 2 aromatic rings. The van der Waals surface area contributed by atoms with Crippen molar-refractivity contribution in [2.75, 3.05) is 13.1 Å². The quantitative estimate of drug-likeness (QED) is 0.791. The molecule has 1 aromatic carbocycles. The normalized spacial score (nSPS) is 17.1. The average molecular weight is 249 g/mol. The van der Waals surface area contributed by atoms with Crippen molar-refractivity contribution < 1.29 is 0 Å². The summed E-state index contributed by atoms with van der Waals surface area (Å²) in [7, 11) is 2.11. The summed E-state index contributed by atoms with van der Waals surface area (Å²) >= 11 is 6.26. The lowest BCUT2D eigenvalue weighted by atomic mass is 10.2. The van der Waals surface area contributed by atoms with Gasteiger partial charge in [-0.15, -0.1) is 0 Å². The van der Waals surface area contributed by atoms with E-state index in [9.17, 15) is 0 Å². The zero-order chi connectivity index (χ0) is 11.8. The number of aryl methyl sites for hydroxylation is 1. The molecule has 0 radical (unpaired) electrons. The highest BCUT2D eigenvalue weighted by Crippen LogP contribution is 2.27. The van der Waals surface area contributed by atoms with E-state index in [1.165, 1.54) is 37.0 Å². The van der Waals surface area contributed by atoms with E-state index in [1.54, 1.807) is 0 Å². The molecule has 1 fully saturated rings. The molecule has 0 aliphatic carbocycles. The van der Waals surface area contributed by atoms with Crippen molar-refractivity contribution >= 4 is 22.5 Å². The first-order chi connectivity index (χ1) is 8.25. The minimum absolute atomic E-state index is 0.845. The number of hydrogen-bond donors (Lipinski definition) is 0. The topological polar surface area (TPSA) is 8.17 Å². The Balaban J connectivity index is 1.99. The summed E-state index contributed by atoms with van der Waals surface area (Å²) in [5, 5.41) is 2.09. The van der Waals surface area contributed by atoms with Crippen LogP contribution in [0.4, 0.5) is 0 Å². The van der Waals surface area contributed by atoms with E-state index >= 15 is 0 Å². The van der Waals surface area contributed by atoms with E-state index in [4.69, 9.17) is 11.6 Å². The number of aromatic nitrogens is 1. The number of likely N-dealkylation sites (tertiary alicyclic amines) is 1. The maximum Gasteiger partial charge on any atom is 0.0669 e. The number of nitrogens with zero attached hydrogens (tertiary/aromatic N) is 2. The van der Waals surface area contributed by atoms with Crippen LogP contribution in [0, 0.1) is 0 Å². The van der Waals surface area contributed by atoms with Crippen LogP contribution < -0.4 is 0 Å². The van der Waals surface area contributed by atoms with Crippen LogP contribution >= 0.6 is 11.6 Å². The number of hydrogen-bond acceptors (Lipinski definition) is 1. The van der Waals surface area contributed by atoms with Crippen molar-refractivity contribution in [1.82, 2.24) is 9.47 Å². The van der Waals surface area contributed by atoms with E-state index < -0.39 is 0 Å². The van der Waals surface area contributed by atoms with Crippen LogP contribution in [-0.2, 0) is 13.6 Å². The molecule has 3 heteroatoms. The molecule has 3 rings (SSSR count). The Labute approximate surface area is 107 Å². The summed E-state index contributed by atoms with van der Waals surface area (Å²) in [5.41, 5.74) is 2.51. The number of para-hydroxylation sites is 1. The van der Waals surface area contributed by atoms with Gasteiger partial charge in [0.15, 0.2) is 0 Å². The SMILES string of the molecule is Cn1c(CN2CCCC2)cc2cccc(Cl)c21. The van der Waals surface area contributed by atoms with Crippen molar-refractivity contribution in [3.63, 3.8) is 0 Å². The van der Waals surface area contributed by atoms with Gasteiger partial charge in [0, 0.05) is 24.7 Å². The maximum absolute atomic E-state index is 6.26. The Kier molecular flexibility index (Phi) is 2.85. The molecule has 0 spiro atoms. The van der Waals surface area contributed by atoms with Gasteiger partial charge < -0.3 is 4.57 Å². The van der Waals surface area contributed by atoms with Crippen molar-refractivity contribution in [1.29, 1.82) is 0 Å². The minimum atomic E-state index is 0.845. The third-order valence-electron chi connectivity index (χ3n) is 3.69. The Bertz CT molecular complexity index is 538. The molecule has 0 bridgehead atoms. The van der Waals surface area contributed by atoms with Gasteiger partial charge in [0.05, 0.1) is 10.5 Å². The molecular weight excluding hydrogens is 232 g/mol. The van der Waals surface area contributed by atoms with Gasteiger partial charge in [-0.05, 0) is 38.1 Å². The lowest BCUT2D eigenvalue weighted by Gasteiger charge is -2.15. The first-order valence-electron chi connectivity index (χ1n) is 6.21. The van der Waals surface area contributed by atoms with E-state index in [-0.39, 0.29) is 0 Å².